The summed E-state index contributed by atoms with van der Waals surface area (Å²) in [5, 5.41) is 2.82. The molecule has 1 fully saturated rings. The molecule has 6 heteroatoms. The lowest BCUT2D eigenvalue weighted by atomic mass is 10.1. The monoisotopic (exact) mass is 372 g/mol. The molecule has 0 aromatic heterocycles. The first-order chi connectivity index (χ1) is 13.0. The van der Waals surface area contributed by atoms with Crippen LogP contribution in [0.2, 0.25) is 0 Å². The van der Waals surface area contributed by atoms with E-state index in [1.54, 1.807) is 30.3 Å². The van der Waals surface area contributed by atoms with Crippen molar-refractivity contribution >= 4 is 17.7 Å². The van der Waals surface area contributed by atoms with E-state index in [1.807, 2.05) is 11.8 Å². The van der Waals surface area contributed by atoms with Crippen molar-refractivity contribution in [3.8, 4) is 0 Å². The number of carbonyl (C=O) groups excluding carboxylic acids is 1. The van der Waals surface area contributed by atoms with Crippen molar-refractivity contribution in [2.75, 3.05) is 31.2 Å². The first kappa shape index (κ1) is 19.0. The molecule has 1 aliphatic heterocycles. The van der Waals surface area contributed by atoms with Crippen LogP contribution in [0.15, 0.2) is 48.5 Å². The Morgan fingerprint density at radius 3 is 2.63 bits per heavy atom. The number of nitrogens with zero attached hydrogens (tertiary/aromatic N) is 1. The maximum Gasteiger partial charge on any atom is 0.244 e. The van der Waals surface area contributed by atoms with Crippen LogP contribution in [-0.4, -0.2) is 32.2 Å². The van der Waals surface area contributed by atoms with Gasteiger partial charge in [-0.2, -0.15) is 0 Å². The summed E-state index contributed by atoms with van der Waals surface area (Å²) in [5.41, 5.74) is 1.65. The summed E-state index contributed by atoms with van der Waals surface area (Å²) in [6.45, 7) is 4.22. The molecule has 0 aliphatic carbocycles. The molecule has 4 nitrogen and oxygen atoms in total. The van der Waals surface area contributed by atoms with Gasteiger partial charge >= 0.3 is 0 Å². The quantitative estimate of drug-likeness (QED) is 0.814. The molecule has 0 bridgehead atoms. The fraction of sp³-hybridized carbons (Fsp3) is 0.286. The minimum Gasteiger partial charge on any atom is -0.378 e. The predicted molar refractivity (Wildman–Crippen MR) is 101 cm³/mol. The molecule has 2 aromatic rings. The molecule has 3 rings (SSSR count). The second-order valence-corrected chi connectivity index (χ2v) is 6.40. The SMILES string of the molecule is CC(NC(=O)/C=C\c1ccccc1F)c1ccc(F)c(N2CCOCC2)c1. The molecule has 2 aromatic carbocycles. The highest BCUT2D eigenvalue weighted by Gasteiger charge is 2.17. The van der Waals surface area contributed by atoms with Crippen molar-refractivity contribution < 1.29 is 18.3 Å². The highest BCUT2D eigenvalue weighted by atomic mass is 19.1. The summed E-state index contributed by atoms with van der Waals surface area (Å²) in [6, 6.07) is 10.7. The van der Waals surface area contributed by atoms with Crippen LogP contribution in [0.5, 0.6) is 0 Å². The molecule has 0 radical (unpaired) electrons. The van der Waals surface area contributed by atoms with E-state index in [0.717, 1.165) is 5.56 Å². The Morgan fingerprint density at radius 1 is 1.15 bits per heavy atom. The van der Waals surface area contributed by atoms with Crippen molar-refractivity contribution in [1.82, 2.24) is 5.32 Å². The second-order valence-electron chi connectivity index (χ2n) is 6.40. The van der Waals surface area contributed by atoms with Crippen LogP contribution in [0, 0.1) is 11.6 Å². The summed E-state index contributed by atoms with van der Waals surface area (Å²) in [7, 11) is 0. The third-order valence-electron chi connectivity index (χ3n) is 4.50. The lowest BCUT2D eigenvalue weighted by molar-refractivity contribution is -0.117. The van der Waals surface area contributed by atoms with Gasteiger partial charge in [-0.15, -0.1) is 0 Å². The predicted octanol–water partition coefficient (Wildman–Crippen LogP) is 3.69. The number of halogens is 2. The maximum atomic E-state index is 14.2. The summed E-state index contributed by atoms with van der Waals surface area (Å²) in [5.74, 6) is -1.02. The van der Waals surface area contributed by atoms with E-state index >= 15 is 0 Å². The topological polar surface area (TPSA) is 41.6 Å². The molecule has 142 valence electrons. The van der Waals surface area contributed by atoms with Crippen LogP contribution in [0.25, 0.3) is 6.08 Å². The fourth-order valence-electron chi connectivity index (χ4n) is 2.97. The van der Waals surface area contributed by atoms with E-state index < -0.39 is 0 Å². The van der Waals surface area contributed by atoms with Gasteiger partial charge in [-0.05, 0) is 36.8 Å². The lowest BCUT2D eigenvalue weighted by Gasteiger charge is -2.29. The largest absolute Gasteiger partial charge is 0.378 e. The molecule has 0 saturated carbocycles. The molecule has 1 amide bonds. The molecule has 1 unspecified atom stereocenters. The molecule has 27 heavy (non-hydrogen) atoms. The average molecular weight is 372 g/mol. The minimum atomic E-state index is -0.386. The van der Waals surface area contributed by atoms with Gasteiger partial charge in [-0.1, -0.05) is 24.3 Å². The number of hydrogen-bond acceptors (Lipinski definition) is 3. The Morgan fingerprint density at radius 2 is 1.89 bits per heavy atom. The first-order valence-electron chi connectivity index (χ1n) is 8.90. The van der Waals surface area contributed by atoms with Crippen molar-refractivity contribution in [1.29, 1.82) is 0 Å². The van der Waals surface area contributed by atoms with Crippen LogP contribution < -0.4 is 10.2 Å². The molecule has 1 N–H and O–H groups in total. The van der Waals surface area contributed by atoms with Gasteiger partial charge in [0.05, 0.1) is 24.9 Å². The number of amides is 1. The van der Waals surface area contributed by atoms with Crippen molar-refractivity contribution in [2.45, 2.75) is 13.0 Å². The molecule has 1 atom stereocenters. The van der Waals surface area contributed by atoms with Crippen LogP contribution in [-0.2, 0) is 9.53 Å². The standard InChI is InChI=1S/C21H22F2N2O2/c1-15(24-21(26)9-7-16-4-2-3-5-18(16)22)17-6-8-19(23)20(14-17)25-10-12-27-13-11-25/h2-9,14-15H,10-13H2,1H3,(H,24,26)/b9-7-. The smallest absolute Gasteiger partial charge is 0.244 e. The third-order valence-corrected chi connectivity index (χ3v) is 4.50. The number of benzene rings is 2. The van der Waals surface area contributed by atoms with Crippen molar-refractivity contribution in [3.05, 3.63) is 71.3 Å². The van der Waals surface area contributed by atoms with Crippen molar-refractivity contribution in [2.24, 2.45) is 0 Å². The normalized spacial score (nSPS) is 15.7. The summed E-state index contributed by atoms with van der Waals surface area (Å²) < 4.78 is 33.1. The fourth-order valence-corrected chi connectivity index (χ4v) is 2.97. The number of nitrogens with one attached hydrogen (secondary N) is 1. The third kappa shape index (κ3) is 4.92. The highest BCUT2D eigenvalue weighted by Crippen LogP contribution is 2.25. The van der Waals surface area contributed by atoms with Gasteiger partial charge in [0.25, 0.3) is 0 Å². The first-order valence-corrected chi connectivity index (χ1v) is 8.90. The van der Waals surface area contributed by atoms with Gasteiger partial charge in [-0.25, -0.2) is 8.78 Å². The molecule has 1 saturated heterocycles. The number of carbonyl (C=O) groups is 1. The number of morpholine rings is 1. The van der Waals surface area contributed by atoms with Crippen LogP contribution >= 0.6 is 0 Å². The van der Waals surface area contributed by atoms with E-state index in [4.69, 9.17) is 4.74 Å². The second kappa shape index (κ2) is 8.77. The Balaban J connectivity index is 1.67. The number of hydrogen-bond donors (Lipinski definition) is 1. The Kier molecular flexibility index (Phi) is 6.19. The molecule has 0 spiro atoms. The number of rotatable bonds is 5. The van der Waals surface area contributed by atoms with Gasteiger partial charge in [0, 0.05) is 24.7 Å². The van der Waals surface area contributed by atoms with E-state index in [0.29, 0.717) is 37.6 Å². The van der Waals surface area contributed by atoms with Gasteiger partial charge < -0.3 is 15.0 Å². The van der Waals surface area contributed by atoms with Crippen LogP contribution in [0.3, 0.4) is 0 Å². The molecule has 1 heterocycles. The lowest BCUT2D eigenvalue weighted by Crippen LogP contribution is -2.37. The van der Waals surface area contributed by atoms with Crippen LogP contribution in [0.4, 0.5) is 14.5 Å². The zero-order valence-corrected chi connectivity index (χ0v) is 15.1. The summed E-state index contributed by atoms with van der Waals surface area (Å²) in [4.78, 5) is 14.1. The molecular formula is C21H22F2N2O2. The van der Waals surface area contributed by atoms with Crippen molar-refractivity contribution in [3.63, 3.8) is 0 Å². The van der Waals surface area contributed by atoms with Gasteiger partial charge in [0.1, 0.15) is 11.6 Å². The number of anilines is 1. The zero-order valence-electron chi connectivity index (χ0n) is 15.1. The van der Waals surface area contributed by atoms with Crippen LogP contribution in [0.1, 0.15) is 24.1 Å². The summed E-state index contributed by atoms with van der Waals surface area (Å²) in [6.07, 6.45) is 2.72. The summed E-state index contributed by atoms with van der Waals surface area (Å²) >= 11 is 0. The molecule has 1 aliphatic rings. The van der Waals surface area contributed by atoms with E-state index in [9.17, 15) is 13.6 Å². The Labute approximate surface area is 157 Å². The zero-order chi connectivity index (χ0) is 19.2. The number of ether oxygens (including phenoxy) is 1. The Bertz CT molecular complexity index is 833. The average Bonchev–Trinajstić information content (AvgIpc) is 2.68. The highest BCUT2D eigenvalue weighted by molar-refractivity contribution is 5.92. The minimum absolute atomic E-state index is 0.293. The van der Waals surface area contributed by atoms with Gasteiger partial charge in [-0.3, -0.25) is 4.79 Å². The van der Waals surface area contributed by atoms with E-state index in [-0.39, 0.29) is 23.6 Å². The van der Waals surface area contributed by atoms with Gasteiger partial charge in [0.15, 0.2) is 0 Å². The van der Waals surface area contributed by atoms with E-state index in [2.05, 4.69) is 5.32 Å². The van der Waals surface area contributed by atoms with E-state index in [1.165, 1.54) is 24.3 Å². The maximum absolute atomic E-state index is 14.2. The molecular weight excluding hydrogens is 350 g/mol. The van der Waals surface area contributed by atoms with Gasteiger partial charge in [0.2, 0.25) is 5.91 Å². The Hall–Kier alpha value is -2.73.